The number of fused-ring (bicyclic) bond motifs is 1. The Morgan fingerprint density at radius 2 is 2.14 bits per heavy atom. The van der Waals surface area contributed by atoms with Crippen LogP contribution in [-0.2, 0) is 10.2 Å². The summed E-state index contributed by atoms with van der Waals surface area (Å²) in [5, 5.41) is 8.97. The van der Waals surface area contributed by atoms with Crippen LogP contribution in [-0.4, -0.2) is 17.7 Å². The van der Waals surface area contributed by atoms with Gasteiger partial charge in [-0.15, -0.1) is 0 Å². The monoisotopic (exact) mass is 291 g/mol. The summed E-state index contributed by atoms with van der Waals surface area (Å²) >= 11 is 0. The standard InChI is InChI=1S/C17H25NO3/c1-16(2,9-15(19)20)8-13(18)11-5-6-14-12(7-11)17(3,4)10-21-14/h5-7,13H,8-10,18H2,1-4H3,(H,19,20). The largest absolute Gasteiger partial charge is 0.492 e. The van der Waals surface area contributed by atoms with E-state index in [1.165, 1.54) is 5.56 Å². The van der Waals surface area contributed by atoms with Crippen LogP contribution in [0.15, 0.2) is 18.2 Å². The zero-order valence-electron chi connectivity index (χ0n) is 13.3. The first kappa shape index (κ1) is 15.8. The highest BCUT2D eigenvalue weighted by Crippen LogP contribution is 2.40. The lowest BCUT2D eigenvalue weighted by Gasteiger charge is -2.27. The molecule has 0 saturated carbocycles. The second kappa shape index (κ2) is 5.34. The smallest absolute Gasteiger partial charge is 0.303 e. The molecule has 1 atom stereocenters. The molecule has 21 heavy (non-hydrogen) atoms. The lowest BCUT2D eigenvalue weighted by atomic mass is 9.80. The Morgan fingerprint density at radius 3 is 2.76 bits per heavy atom. The van der Waals surface area contributed by atoms with Crippen molar-refractivity contribution < 1.29 is 14.6 Å². The maximum absolute atomic E-state index is 10.9. The first-order valence-electron chi connectivity index (χ1n) is 7.35. The maximum atomic E-state index is 10.9. The minimum absolute atomic E-state index is 0.00163. The molecule has 1 heterocycles. The van der Waals surface area contributed by atoms with E-state index in [0.29, 0.717) is 13.0 Å². The highest BCUT2D eigenvalue weighted by Gasteiger charge is 2.33. The van der Waals surface area contributed by atoms with Gasteiger partial charge in [-0.2, -0.15) is 0 Å². The fourth-order valence-electron chi connectivity index (χ4n) is 2.96. The molecule has 3 N–H and O–H groups in total. The Hall–Kier alpha value is -1.55. The van der Waals surface area contributed by atoms with Gasteiger partial charge < -0.3 is 15.6 Å². The van der Waals surface area contributed by atoms with Gasteiger partial charge in [-0.25, -0.2) is 0 Å². The fraction of sp³-hybridized carbons (Fsp3) is 0.588. The number of hydrogen-bond donors (Lipinski definition) is 2. The lowest BCUT2D eigenvalue weighted by molar-refractivity contribution is -0.139. The first-order valence-corrected chi connectivity index (χ1v) is 7.35. The van der Waals surface area contributed by atoms with Crippen LogP contribution >= 0.6 is 0 Å². The molecule has 116 valence electrons. The van der Waals surface area contributed by atoms with Gasteiger partial charge in [0.15, 0.2) is 0 Å². The average molecular weight is 291 g/mol. The van der Waals surface area contributed by atoms with Crippen LogP contribution in [0.1, 0.15) is 57.7 Å². The first-order chi connectivity index (χ1) is 9.61. The minimum atomic E-state index is -0.782. The van der Waals surface area contributed by atoms with Crippen LogP contribution in [0.3, 0.4) is 0 Å². The quantitative estimate of drug-likeness (QED) is 0.873. The van der Waals surface area contributed by atoms with Crippen molar-refractivity contribution in [1.29, 1.82) is 0 Å². The molecule has 1 aromatic rings. The number of hydrogen-bond acceptors (Lipinski definition) is 3. The number of carboxylic acid groups (broad SMARTS) is 1. The summed E-state index contributed by atoms with van der Waals surface area (Å²) in [5.41, 5.74) is 8.22. The van der Waals surface area contributed by atoms with Crippen molar-refractivity contribution in [3.05, 3.63) is 29.3 Å². The Labute approximate surface area is 126 Å². The summed E-state index contributed by atoms with van der Waals surface area (Å²) in [7, 11) is 0. The molecule has 0 radical (unpaired) electrons. The second-order valence-electron chi connectivity index (χ2n) is 7.47. The number of carbonyl (C=O) groups is 1. The molecule has 0 amide bonds. The molecular weight excluding hydrogens is 266 g/mol. The zero-order chi connectivity index (χ0) is 15.8. The van der Waals surface area contributed by atoms with Crippen molar-refractivity contribution in [3.63, 3.8) is 0 Å². The van der Waals surface area contributed by atoms with Gasteiger partial charge >= 0.3 is 5.97 Å². The third kappa shape index (κ3) is 3.56. The molecule has 0 spiro atoms. The van der Waals surface area contributed by atoms with Crippen LogP contribution in [0.25, 0.3) is 0 Å². The summed E-state index contributed by atoms with van der Waals surface area (Å²) in [6, 6.07) is 5.91. The van der Waals surface area contributed by atoms with Crippen molar-refractivity contribution in [3.8, 4) is 5.75 Å². The summed E-state index contributed by atoms with van der Waals surface area (Å²) in [6.45, 7) is 8.89. The van der Waals surface area contributed by atoms with E-state index in [9.17, 15) is 4.79 Å². The Balaban J connectivity index is 2.18. The summed E-state index contributed by atoms with van der Waals surface area (Å²) in [5.74, 6) is 0.149. The Kier molecular flexibility index (Phi) is 4.02. The van der Waals surface area contributed by atoms with Gasteiger partial charge in [-0.05, 0) is 29.5 Å². The fourth-order valence-corrected chi connectivity index (χ4v) is 2.96. The number of ether oxygens (including phenoxy) is 1. The highest BCUT2D eigenvalue weighted by molar-refractivity contribution is 5.67. The topological polar surface area (TPSA) is 72.5 Å². The van der Waals surface area contributed by atoms with Gasteiger partial charge in [-0.3, -0.25) is 4.79 Å². The third-order valence-corrected chi connectivity index (χ3v) is 4.15. The van der Waals surface area contributed by atoms with Gasteiger partial charge in [0, 0.05) is 17.0 Å². The molecule has 4 heteroatoms. The molecule has 2 rings (SSSR count). The third-order valence-electron chi connectivity index (χ3n) is 4.15. The number of rotatable bonds is 5. The van der Waals surface area contributed by atoms with E-state index in [1.807, 2.05) is 26.0 Å². The van der Waals surface area contributed by atoms with E-state index in [-0.39, 0.29) is 23.3 Å². The molecule has 0 fully saturated rings. The van der Waals surface area contributed by atoms with E-state index >= 15 is 0 Å². The molecule has 1 aliphatic heterocycles. The van der Waals surface area contributed by atoms with Gasteiger partial charge in [0.1, 0.15) is 5.75 Å². The van der Waals surface area contributed by atoms with E-state index in [4.69, 9.17) is 15.6 Å². The minimum Gasteiger partial charge on any atom is -0.492 e. The molecule has 4 nitrogen and oxygen atoms in total. The van der Waals surface area contributed by atoms with Crippen LogP contribution in [0, 0.1) is 5.41 Å². The highest BCUT2D eigenvalue weighted by atomic mass is 16.5. The van der Waals surface area contributed by atoms with Gasteiger partial charge in [0.2, 0.25) is 0 Å². The molecule has 0 saturated heterocycles. The molecule has 1 unspecified atom stereocenters. The lowest BCUT2D eigenvalue weighted by Crippen LogP contribution is -2.24. The van der Waals surface area contributed by atoms with Crippen molar-refractivity contribution in [1.82, 2.24) is 0 Å². The normalized spacial score (nSPS) is 18.0. The van der Waals surface area contributed by atoms with Gasteiger partial charge in [-0.1, -0.05) is 33.8 Å². The molecule has 1 aliphatic rings. The number of carboxylic acids is 1. The molecular formula is C17H25NO3. The number of aliphatic carboxylic acids is 1. The van der Waals surface area contributed by atoms with E-state index in [0.717, 1.165) is 11.3 Å². The van der Waals surface area contributed by atoms with Gasteiger partial charge in [0.05, 0.1) is 13.0 Å². The predicted octanol–water partition coefficient (Wildman–Crippen LogP) is 3.25. The van der Waals surface area contributed by atoms with Crippen LogP contribution < -0.4 is 10.5 Å². The van der Waals surface area contributed by atoms with Gasteiger partial charge in [0.25, 0.3) is 0 Å². The van der Waals surface area contributed by atoms with E-state index in [1.54, 1.807) is 0 Å². The second-order valence-corrected chi connectivity index (χ2v) is 7.47. The van der Waals surface area contributed by atoms with Crippen molar-refractivity contribution >= 4 is 5.97 Å². The van der Waals surface area contributed by atoms with Crippen molar-refractivity contribution in [2.45, 2.75) is 52.0 Å². The molecule has 0 bridgehead atoms. The summed E-state index contributed by atoms with van der Waals surface area (Å²) in [6.07, 6.45) is 0.764. The predicted molar refractivity (Wildman–Crippen MR) is 82.5 cm³/mol. The number of nitrogens with two attached hydrogens (primary N) is 1. The zero-order valence-corrected chi connectivity index (χ0v) is 13.3. The average Bonchev–Trinajstić information content (AvgIpc) is 2.62. The van der Waals surface area contributed by atoms with Crippen LogP contribution in [0.4, 0.5) is 0 Å². The van der Waals surface area contributed by atoms with E-state index in [2.05, 4.69) is 19.9 Å². The number of benzene rings is 1. The van der Waals surface area contributed by atoms with Crippen LogP contribution in [0.2, 0.25) is 0 Å². The summed E-state index contributed by atoms with van der Waals surface area (Å²) < 4.78 is 5.68. The van der Waals surface area contributed by atoms with Crippen LogP contribution in [0.5, 0.6) is 5.75 Å². The Morgan fingerprint density at radius 1 is 1.48 bits per heavy atom. The van der Waals surface area contributed by atoms with E-state index < -0.39 is 5.97 Å². The SMILES string of the molecule is CC(C)(CC(=O)O)CC(N)c1ccc2c(c1)C(C)(C)CO2. The Bertz CT molecular complexity index is 549. The molecule has 1 aromatic carbocycles. The molecule has 0 aromatic heterocycles. The molecule has 0 aliphatic carbocycles. The van der Waals surface area contributed by atoms with Crippen molar-refractivity contribution in [2.24, 2.45) is 11.1 Å². The summed E-state index contributed by atoms with van der Waals surface area (Å²) in [4.78, 5) is 10.9. The van der Waals surface area contributed by atoms with Crippen molar-refractivity contribution in [2.75, 3.05) is 6.61 Å². The maximum Gasteiger partial charge on any atom is 0.303 e.